The number of non-ortho nitro benzene ring substituents is 1. The predicted octanol–water partition coefficient (Wildman–Crippen LogP) is 5.49. The molecule has 4 aromatic rings. The molecule has 0 aliphatic carbocycles. The maximum absolute atomic E-state index is 13.2. The zero-order valence-corrected chi connectivity index (χ0v) is 19.4. The quantitative estimate of drug-likeness (QED) is 0.191. The Morgan fingerprint density at radius 1 is 1.06 bits per heavy atom. The van der Waals surface area contributed by atoms with Crippen LogP contribution in [0.2, 0.25) is 0 Å². The first kappa shape index (κ1) is 23.9. The Balaban J connectivity index is 1.59. The van der Waals surface area contributed by atoms with Gasteiger partial charge in [-0.2, -0.15) is 0 Å². The number of anilines is 1. The minimum absolute atomic E-state index is 0.0442. The lowest BCUT2D eigenvalue weighted by Gasteiger charge is -2.17. The largest absolute Gasteiger partial charge is 0.328 e. The lowest BCUT2D eigenvalue weighted by atomic mass is 10.2. The van der Waals surface area contributed by atoms with Crippen molar-refractivity contribution in [2.24, 2.45) is 0 Å². The number of carbonyl (C=O) groups is 1. The summed E-state index contributed by atoms with van der Waals surface area (Å²) in [6, 6.07) is 20.2. The Morgan fingerprint density at radius 3 is 2.40 bits per heavy atom. The molecule has 0 spiro atoms. The van der Waals surface area contributed by atoms with Crippen molar-refractivity contribution in [3.8, 4) is 5.69 Å². The fraction of sp³-hybridized carbons (Fsp3) is 0.125. The minimum Gasteiger partial charge on any atom is -0.328 e. The number of nitro benzene ring substituents is 1. The van der Waals surface area contributed by atoms with Crippen LogP contribution in [0.3, 0.4) is 0 Å². The molecule has 3 aromatic carbocycles. The molecule has 1 heterocycles. The molecule has 4 rings (SSSR count). The summed E-state index contributed by atoms with van der Waals surface area (Å²) in [4.78, 5) is 23.1. The number of aromatic nitrogens is 3. The van der Waals surface area contributed by atoms with Gasteiger partial charge in [0.05, 0.1) is 11.0 Å². The molecule has 1 unspecified atom stereocenters. The van der Waals surface area contributed by atoms with Crippen LogP contribution in [0.15, 0.2) is 84.0 Å². The normalized spacial score (nSPS) is 11.6. The first-order valence-electron chi connectivity index (χ1n) is 10.6. The average molecular weight is 493 g/mol. The molecule has 11 heteroatoms. The van der Waals surface area contributed by atoms with Gasteiger partial charge in [-0.25, -0.2) is 9.18 Å². The Labute approximate surface area is 204 Å². The zero-order chi connectivity index (χ0) is 24.8. The second kappa shape index (κ2) is 10.8. The van der Waals surface area contributed by atoms with Gasteiger partial charge in [0.2, 0.25) is 0 Å². The summed E-state index contributed by atoms with van der Waals surface area (Å²) in [7, 11) is 0. The second-order valence-corrected chi connectivity index (χ2v) is 8.49. The van der Waals surface area contributed by atoms with E-state index in [1.807, 2.05) is 18.2 Å². The Bertz CT molecular complexity index is 1310. The van der Waals surface area contributed by atoms with Crippen molar-refractivity contribution in [2.75, 3.05) is 5.32 Å². The fourth-order valence-corrected chi connectivity index (χ4v) is 4.21. The van der Waals surface area contributed by atoms with E-state index in [0.29, 0.717) is 28.1 Å². The molecular weight excluding hydrogens is 471 g/mol. The topological polar surface area (TPSA) is 115 Å². The van der Waals surface area contributed by atoms with Gasteiger partial charge >= 0.3 is 6.03 Å². The monoisotopic (exact) mass is 492 g/mol. The summed E-state index contributed by atoms with van der Waals surface area (Å²) < 4.78 is 15.0. The first-order valence-corrected chi connectivity index (χ1v) is 11.6. The van der Waals surface area contributed by atoms with E-state index in [9.17, 15) is 19.3 Å². The number of nitro groups is 1. The van der Waals surface area contributed by atoms with E-state index < -0.39 is 17.0 Å². The summed E-state index contributed by atoms with van der Waals surface area (Å²) in [6.45, 7) is 1.77. The van der Waals surface area contributed by atoms with E-state index in [2.05, 4.69) is 20.8 Å². The van der Waals surface area contributed by atoms with E-state index in [-0.39, 0.29) is 11.5 Å². The van der Waals surface area contributed by atoms with Crippen LogP contribution >= 0.6 is 11.8 Å². The average Bonchev–Trinajstić information content (AvgIpc) is 3.28. The maximum Gasteiger partial charge on any atom is 0.319 e. The van der Waals surface area contributed by atoms with E-state index in [4.69, 9.17) is 0 Å². The van der Waals surface area contributed by atoms with Gasteiger partial charge in [-0.15, -0.1) is 10.2 Å². The van der Waals surface area contributed by atoms with Gasteiger partial charge in [-0.05, 0) is 48.9 Å². The van der Waals surface area contributed by atoms with E-state index in [1.54, 1.807) is 47.9 Å². The number of nitrogens with zero attached hydrogens (tertiary/aromatic N) is 4. The zero-order valence-electron chi connectivity index (χ0n) is 18.6. The van der Waals surface area contributed by atoms with Crippen LogP contribution in [0.1, 0.15) is 24.4 Å². The van der Waals surface area contributed by atoms with Gasteiger partial charge in [0, 0.05) is 29.3 Å². The number of hydrogen-bond donors (Lipinski definition) is 2. The number of carbonyl (C=O) groups excluding carboxylic acids is 1. The third-order valence-corrected chi connectivity index (χ3v) is 6.02. The van der Waals surface area contributed by atoms with Crippen molar-refractivity contribution in [2.45, 2.75) is 23.9 Å². The molecule has 9 nitrogen and oxygen atoms in total. The Morgan fingerprint density at radius 2 is 1.74 bits per heavy atom. The molecule has 2 amide bonds. The highest BCUT2D eigenvalue weighted by Crippen LogP contribution is 2.28. The van der Waals surface area contributed by atoms with Gasteiger partial charge in [0.1, 0.15) is 5.82 Å². The molecule has 35 heavy (non-hydrogen) atoms. The first-order chi connectivity index (χ1) is 16.9. The van der Waals surface area contributed by atoms with Crippen molar-refractivity contribution >= 4 is 29.2 Å². The maximum atomic E-state index is 13.2. The third kappa shape index (κ3) is 6.01. The number of para-hydroxylation sites is 1. The van der Waals surface area contributed by atoms with Crippen molar-refractivity contribution in [3.05, 3.63) is 106 Å². The summed E-state index contributed by atoms with van der Waals surface area (Å²) in [5.74, 6) is 0.634. The molecule has 0 aliphatic rings. The van der Waals surface area contributed by atoms with Gasteiger partial charge in [0.15, 0.2) is 11.0 Å². The highest BCUT2D eigenvalue weighted by Gasteiger charge is 2.22. The van der Waals surface area contributed by atoms with Crippen LogP contribution in [0, 0.1) is 15.9 Å². The highest BCUT2D eigenvalue weighted by molar-refractivity contribution is 7.98. The highest BCUT2D eigenvalue weighted by atomic mass is 32.2. The van der Waals surface area contributed by atoms with Gasteiger partial charge in [0.25, 0.3) is 5.69 Å². The van der Waals surface area contributed by atoms with Crippen LogP contribution in [0.4, 0.5) is 20.6 Å². The van der Waals surface area contributed by atoms with Crippen molar-refractivity contribution < 1.29 is 14.1 Å². The van der Waals surface area contributed by atoms with E-state index in [1.165, 1.54) is 36.0 Å². The van der Waals surface area contributed by atoms with Crippen LogP contribution < -0.4 is 10.6 Å². The van der Waals surface area contributed by atoms with Gasteiger partial charge < -0.3 is 10.6 Å². The molecule has 1 atom stereocenters. The summed E-state index contributed by atoms with van der Waals surface area (Å²) in [5, 5.41) is 25.8. The number of hydrogen-bond acceptors (Lipinski definition) is 6. The molecule has 0 bridgehead atoms. The molecular formula is C24H21FN6O3S. The van der Waals surface area contributed by atoms with E-state index >= 15 is 0 Å². The summed E-state index contributed by atoms with van der Waals surface area (Å²) >= 11 is 1.38. The summed E-state index contributed by atoms with van der Waals surface area (Å²) in [5.41, 5.74) is 2.10. The van der Waals surface area contributed by atoms with Crippen LogP contribution in [-0.4, -0.2) is 25.7 Å². The van der Waals surface area contributed by atoms with Crippen molar-refractivity contribution in [1.29, 1.82) is 0 Å². The number of thioether (sulfide) groups is 1. The van der Waals surface area contributed by atoms with Crippen LogP contribution in [-0.2, 0) is 5.75 Å². The molecule has 0 fully saturated rings. The molecule has 0 radical (unpaired) electrons. The lowest BCUT2D eigenvalue weighted by Crippen LogP contribution is -2.32. The second-order valence-electron chi connectivity index (χ2n) is 7.55. The smallest absolute Gasteiger partial charge is 0.319 e. The molecule has 0 saturated heterocycles. The van der Waals surface area contributed by atoms with Crippen LogP contribution in [0.5, 0.6) is 0 Å². The number of halogens is 1. The molecule has 0 saturated carbocycles. The Kier molecular flexibility index (Phi) is 7.36. The minimum atomic E-state index is -0.540. The predicted molar refractivity (Wildman–Crippen MR) is 131 cm³/mol. The molecule has 2 N–H and O–H groups in total. The lowest BCUT2D eigenvalue weighted by molar-refractivity contribution is -0.384. The van der Waals surface area contributed by atoms with Crippen molar-refractivity contribution in [1.82, 2.24) is 20.1 Å². The molecule has 0 aliphatic heterocycles. The number of nitrogens with one attached hydrogen (secondary N) is 2. The summed E-state index contributed by atoms with van der Waals surface area (Å²) in [6.07, 6.45) is 0. The van der Waals surface area contributed by atoms with Crippen LogP contribution in [0.25, 0.3) is 5.69 Å². The number of benzene rings is 3. The third-order valence-electron chi connectivity index (χ3n) is 5.02. The Hall–Kier alpha value is -4.25. The number of amides is 2. The number of urea groups is 1. The van der Waals surface area contributed by atoms with Crippen molar-refractivity contribution in [3.63, 3.8) is 0 Å². The number of rotatable bonds is 8. The van der Waals surface area contributed by atoms with Gasteiger partial charge in [-0.3, -0.25) is 14.7 Å². The van der Waals surface area contributed by atoms with Gasteiger partial charge in [-0.1, -0.05) is 42.1 Å². The SMILES string of the molecule is CC(NC(=O)Nc1ccccc1)c1nnc(SCc2ccc(F)cc2)n1-c1ccc([N+](=O)[O-])cc1. The molecule has 178 valence electrons. The van der Waals surface area contributed by atoms with E-state index in [0.717, 1.165) is 5.56 Å². The standard InChI is InChI=1S/C24H21FN6O3S/c1-16(26-23(32)27-19-5-3-2-4-6-19)22-28-29-24(35-15-17-7-9-18(25)10-8-17)30(22)20-11-13-21(14-12-20)31(33)34/h2-14,16H,15H2,1H3,(H2,26,27,32). The molecule has 1 aromatic heterocycles. The fourth-order valence-electron chi connectivity index (χ4n) is 3.30.